The van der Waals surface area contributed by atoms with Crippen LogP contribution in [0.3, 0.4) is 0 Å². The highest BCUT2D eigenvalue weighted by Crippen LogP contribution is 2.41. The Morgan fingerprint density at radius 2 is 0.907 bits per heavy atom. The van der Waals surface area contributed by atoms with Gasteiger partial charge in [0.1, 0.15) is 11.6 Å². The third kappa shape index (κ3) is 13.3. The quantitative estimate of drug-likeness (QED) is 0.0634. The third-order valence-electron chi connectivity index (χ3n) is 11.5. The summed E-state index contributed by atoms with van der Waals surface area (Å²) in [5.41, 5.74) is 7.95. The van der Waals surface area contributed by atoms with E-state index in [1.165, 1.54) is 18.3 Å². The van der Waals surface area contributed by atoms with E-state index in [9.17, 15) is 38.5 Å². The number of halogens is 4. The number of hydrogen-bond donors (Lipinski definition) is 6. The summed E-state index contributed by atoms with van der Waals surface area (Å²) >= 11 is 12.3. The summed E-state index contributed by atoms with van der Waals surface area (Å²) in [4.78, 5) is 55.6. The predicted molar refractivity (Wildman–Crippen MR) is 286 cm³/mol. The molecule has 9 aromatic rings. The zero-order valence-corrected chi connectivity index (χ0v) is 41.4. The maximum Gasteiger partial charge on any atom is 0.337 e. The molecule has 1 fully saturated rings. The minimum Gasteiger partial charge on any atom is -0.478 e. The molecule has 1 aliphatic rings. The third-order valence-corrected chi connectivity index (χ3v) is 12.1. The van der Waals surface area contributed by atoms with E-state index in [0.717, 1.165) is 52.8 Å². The molecule has 0 spiro atoms. The second kappa shape index (κ2) is 23.6. The summed E-state index contributed by atoms with van der Waals surface area (Å²) in [6.07, 6.45) is 10.1. The first-order chi connectivity index (χ1) is 36.1. The van der Waals surface area contributed by atoms with Crippen molar-refractivity contribution in [1.29, 1.82) is 0 Å². The number of nitrogens with zero attached hydrogens (tertiary/aromatic N) is 5. The van der Waals surface area contributed by atoms with E-state index in [0.29, 0.717) is 61.7 Å². The summed E-state index contributed by atoms with van der Waals surface area (Å²) in [6.45, 7) is 3.65. The van der Waals surface area contributed by atoms with E-state index in [1.807, 2.05) is 55.5 Å². The number of aromatic carboxylic acids is 3. The molecular formula is C57H44Cl2F2N8O6. The molecule has 1 aliphatic carbocycles. The fraction of sp³-hybridized carbons (Fsp3) is 0.0877. The molecule has 0 aliphatic heterocycles. The highest BCUT2D eigenvalue weighted by molar-refractivity contribution is 6.33. The van der Waals surface area contributed by atoms with Gasteiger partial charge in [0.15, 0.2) is 11.6 Å². The highest BCUT2D eigenvalue weighted by atomic mass is 35.5. The number of carboxylic acid groups (broad SMARTS) is 3. The van der Waals surface area contributed by atoms with Crippen molar-refractivity contribution in [3.63, 3.8) is 0 Å². The maximum atomic E-state index is 13.8. The molecule has 0 atom stereocenters. The topological polar surface area (TPSA) is 212 Å². The standard InChI is InChI=1S/C20H16ClN3O2.C19H14F2N2O2.C18H14ClN3O2/c21-17-4-2-1-3-15(17)19-22-10-14(11-23-19)24-18-8-7-13(12-5-6-12)9-16(18)20(25)26;1-11-5-7-16(13(9-11)19(24)25)23-12-6-8-17(22-10-12)18-14(20)3-2-4-15(18)21;1-11-6-7-16(14(8-11)18(23)24)22-12-9-20-17(21-10-12)13-4-2-3-5-15(13)19/h1-4,7-12,24H,5-6H2,(H,25,26);2-10,23H,1H3,(H,24,25);2-10,22H,1H3,(H,23,24). The Bertz CT molecular complexity index is 3530. The molecule has 10 rings (SSSR count). The average Bonchev–Trinajstić information content (AvgIpc) is 4.25. The van der Waals surface area contributed by atoms with Crippen LogP contribution in [0.25, 0.3) is 34.0 Å². The van der Waals surface area contributed by atoms with Gasteiger partial charge in [-0.25, -0.2) is 43.1 Å². The number of benzene rings is 6. The van der Waals surface area contributed by atoms with Crippen molar-refractivity contribution < 1.29 is 38.5 Å². The number of anilines is 6. The van der Waals surface area contributed by atoms with Gasteiger partial charge >= 0.3 is 17.9 Å². The summed E-state index contributed by atoms with van der Waals surface area (Å²) in [7, 11) is 0. The first-order valence-electron chi connectivity index (χ1n) is 23.0. The lowest BCUT2D eigenvalue weighted by Gasteiger charge is -2.11. The number of hydrogen-bond acceptors (Lipinski definition) is 11. The minimum absolute atomic E-state index is 0.129. The number of aromatic nitrogens is 5. The Balaban J connectivity index is 0.000000150. The molecule has 3 aromatic heterocycles. The van der Waals surface area contributed by atoms with Crippen LogP contribution in [0.4, 0.5) is 42.9 Å². The predicted octanol–water partition coefficient (Wildman–Crippen LogP) is 14.4. The second-order valence-electron chi connectivity index (χ2n) is 17.0. The molecule has 18 heteroatoms. The molecule has 6 aromatic carbocycles. The number of carboxylic acids is 3. The van der Waals surface area contributed by atoms with Crippen LogP contribution >= 0.6 is 23.2 Å². The number of nitrogens with one attached hydrogen (secondary N) is 3. The van der Waals surface area contributed by atoms with Gasteiger partial charge in [-0.3, -0.25) is 4.98 Å². The summed E-state index contributed by atoms with van der Waals surface area (Å²) < 4.78 is 27.6. The van der Waals surface area contributed by atoms with Gasteiger partial charge in [-0.15, -0.1) is 0 Å². The maximum absolute atomic E-state index is 13.8. The van der Waals surface area contributed by atoms with Crippen LogP contribution in [0, 0.1) is 25.5 Å². The Hall–Kier alpha value is -9.12. The number of rotatable bonds is 13. The minimum atomic E-state index is -1.05. The van der Waals surface area contributed by atoms with Crippen LogP contribution in [0.5, 0.6) is 0 Å². The van der Waals surface area contributed by atoms with E-state index in [-0.39, 0.29) is 27.9 Å². The fourth-order valence-corrected chi connectivity index (χ4v) is 8.02. The normalized spacial score (nSPS) is 11.5. The van der Waals surface area contributed by atoms with Gasteiger partial charge in [-0.2, -0.15) is 0 Å². The van der Waals surface area contributed by atoms with Gasteiger partial charge in [-0.1, -0.05) is 82.9 Å². The largest absolute Gasteiger partial charge is 0.478 e. The van der Waals surface area contributed by atoms with Gasteiger partial charge in [0.05, 0.1) is 103 Å². The lowest BCUT2D eigenvalue weighted by Crippen LogP contribution is -2.04. The Labute approximate surface area is 438 Å². The van der Waals surface area contributed by atoms with Crippen LogP contribution in [-0.2, 0) is 0 Å². The van der Waals surface area contributed by atoms with Crippen LogP contribution in [-0.4, -0.2) is 58.1 Å². The summed E-state index contributed by atoms with van der Waals surface area (Å²) in [5, 5.41) is 38.3. The number of carbonyl (C=O) groups is 3. The van der Waals surface area contributed by atoms with Crippen LogP contribution < -0.4 is 16.0 Å². The van der Waals surface area contributed by atoms with E-state index < -0.39 is 29.5 Å². The Morgan fingerprint density at radius 1 is 0.493 bits per heavy atom. The molecule has 1 saturated carbocycles. The SMILES string of the molecule is Cc1ccc(Nc2ccc(-c3c(F)cccc3F)nc2)c(C(=O)O)c1.Cc1ccc(Nc2cnc(-c3ccccc3Cl)nc2)c(C(=O)O)c1.O=C(O)c1cc(C2CC2)ccc1Nc1cnc(-c2ccccc2Cl)nc1. The molecule has 3 heterocycles. The van der Waals surface area contributed by atoms with Gasteiger partial charge < -0.3 is 31.3 Å². The highest BCUT2D eigenvalue weighted by Gasteiger charge is 2.25. The molecule has 0 amide bonds. The molecule has 0 unspecified atom stereocenters. The number of aryl methyl sites for hydroxylation is 2. The zero-order valence-electron chi connectivity index (χ0n) is 39.9. The van der Waals surface area contributed by atoms with Crippen LogP contribution in [0.2, 0.25) is 10.0 Å². The molecule has 14 nitrogen and oxygen atoms in total. The van der Waals surface area contributed by atoms with Crippen molar-refractivity contribution in [2.24, 2.45) is 0 Å². The van der Waals surface area contributed by atoms with Gasteiger partial charge in [0.25, 0.3) is 0 Å². The van der Waals surface area contributed by atoms with Gasteiger partial charge in [0.2, 0.25) is 0 Å². The van der Waals surface area contributed by atoms with Crippen molar-refractivity contribution in [3.8, 4) is 34.0 Å². The van der Waals surface area contributed by atoms with E-state index in [4.69, 9.17) is 23.2 Å². The molecule has 0 bridgehead atoms. The van der Waals surface area contributed by atoms with E-state index in [2.05, 4.69) is 40.9 Å². The molecule has 0 radical (unpaired) electrons. The van der Waals surface area contributed by atoms with Crippen molar-refractivity contribution >= 4 is 75.2 Å². The van der Waals surface area contributed by atoms with Crippen molar-refractivity contribution in [2.75, 3.05) is 16.0 Å². The molecule has 6 N–H and O–H groups in total. The van der Waals surface area contributed by atoms with Crippen molar-refractivity contribution in [2.45, 2.75) is 32.6 Å². The smallest absolute Gasteiger partial charge is 0.337 e. The van der Waals surface area contributed by atoms with Gasteiger partial charge in [-0.05, 0) is 123 Å². The van der Waals surface area contributed by atoms with Crippen molar-refractivity contribution in [3.05, 3.63) is 220 Å². The Morgan fingerprint density at radius 3 is 1.32 bits per heavy atom. The average molecular weight is 1050 g/mol. The van der Waals surface area contributed by atoms with E-state index in [1.54, 1.807) is 92.4 Å². The second-order valence-corrected chi connectivity index (χ2v) is 17.9. The summed E-state index contributed by atoms with van der Waals surface area (Å²) in [5.74, 6) is -2.86. The fourth-order valence-electron chi connectivity index (χ4n) is 7.58. The number of pyridine rings is 1. The van der Waals surface area contributed by atoms with Crippen molar-refractivity contribution in [1.82, 2.24) is 24.9 Å². The first kappa shape index (κ1) is 52.2. The lowest BCUT2D eigenvalue weighted by molar-refractivity contribution is 0.0687. The molecule has 376 valence electrons. The first-order valence-corrected chi connectivity index (χ1v) is 23.8. The summed E-state index contributed by atoms with van der Waals surface area (Å²) in [6, 6.07) is 37.1. The van der Waals surface area contributed by atoms with Crippen LogP contribution in [0.1, 0.15) is 66.5 Å². The molecule has 75 heavy (non-hydrogen) atoms. The monoisotopic (exact) mass is 1040 g/mol. The lowest BCUT2D eigenvalue weighted by atomic mass is 10.0. The van der Waals surface area contributed by atoms with Crippen LogP contribution in [0.15, 0.2) is 164 Å². The van der Waals surface area contributed by atoms with E-state index >= 15 is 0 Å². The Kier molecular flexibility index (Phi) is 16.4. The zero-order chi connectivity index (χ0) is 53.2. The molecule has 0 saturated heterocycles. The molecular weight excluding hydrogens is 1000 g/mol. The van der Waals surface area contributed by atoms with Gasteiger partial charge in [0, 0.05) is 11.1 Å².